The molecule has 0 aromatic carbocycles. The summed E-state index contributed by atoms with van der Waals surface area (Å²) < 4.78 is 5.06. The van der Waals surface area contributed by atoms with Crippen LogP contribution in [0.4, 0.5) is 0 Å². The number of ketones is 1. The molecule has 0 aromatic rings. The highest BCUT2D eigenvalue weighted by Gasteiger charge is 2.50. The van der Waals surface area contributed by atoms with Gasteiger partial charge in [-0.15, -0.1) is 0 Å². The molecule has 0 saturated carbocycles. The van der Waals surface area contributed by atoms with Gasteiger partial charge in [0.05, 0.1) is 0 Å². The van der Waals surface area contributed by atoms with E-state index in [9.17, 15) is 14.7 Å². The number of hydrogen-bond acceptors (Lipinski definition) is 4. The lowest BCUT2D eigenvalue weighted by Gasteiger charge is -2.34. The molecule has 1 aliphatic heterocycles. The average molecular weight is 261 g/mol. The Bertz CT molecular complexity index is 325. The molecular formula is C9H9BrO4. The van der Waals surface area contributed by atoms with E-state index in [1.54, 1.807) is 0 Å². The van der Waals surface area contributed by atoms with Crippen molar-refractivity contribution in [3.05, 3.63) is 12.2 Å². The van der Waals surface area contributed by atoms with Crippen LogP contribution in [0.2, 0.25) is 0 Å². The van der Waals surface area contributed by atoms with Crippen LogP contribution in [0, 0.1) is 0 Å². The minimum atomic E-state index is -0.994. The first-order valence-electron chi connectivity index (χ1n) is 4.32. The third-order valence-corrected chi connectivity index (χ3v) is 3.56. The molecule has 0 aromatic heterocycles. The molecule has 2 aliphatic rings. The predicted molar refractivity (Wildman–Crippen MR) is 50.9 cm³/mol. The van der Waals surface area contributed by atoms with Crippen LogP contribution in [-0.4, -0.2) is 33.4 Å². The van der Waals surface area contributed by atoms with E-state index >= 15 is 0 Å². The summed E-state index contributed by atoms with van der Waals surface area (Å²) in [5.41, 5.74) is -0.987. The lowest BCUT2D eigenvalue weighted by molar-refractivity contribution is -0.154. The Hall–Kier alpha value is -0.680. The van der Waals surface area contributed by atoms with Crippen LogP contribution in [0.5, 0.6) is 0 Å². The van der Waals surface area contributed by atoms with Gasteiger partial charge in [-0.2, -0.15) is 0 Å². The molecule has 1 saturated heterocycles. The molecule has 3 atom stereocenters. The van der Waals surface area contributed by atoms with Crippen molar-refractivity contribution in [3.8, 4) is 0 Å². The van der Waals surface area contributed by atoms with E-state index in [4.69, 9.17) is 4.74 Å². The summed E-state index contributed by atoms with van der Waals surface area (Å²) >= 11 is 3.08. The van der Waals surface area contributed by atoms with Crippen molar-refractivity contribution in [2.75, 3.05) is 0 Å². The lowest BCUT2D eigenvalue weighted by atomic mass is 9.85. The zero-order valence-corrected chi connectivity index (χ0v) is 8.86. The van der Waals surface area contributed by atoms with Gasteiger partial charge in [0, 0.05) is 12.8 Å². The molecule has 14 heavy (non-hydrogen) atoms. The summed E-state index contributed by atoms with van der Waals surface area (Å²) in [6.07, 6.45) is 2.56. The third kappa shape index (κ3) is 1.31. The zero-order valence-electron chi connectivity index (χ0n) is 7.27. The first-order valence-corrected chi connectivity index (χ1v) is 5.24. The molecule has 1 heterocycles. The van der Waals surface area contributed by atoms with Crippen molar-refractivity contribution >= 4 is 27.7 Å². The van der Waals surface area contributed by atoms with Crippen molar-refractivity contribution < 1.29 is 19.4 Å². The Kier molecular flexibility index (Phi) is 2.23. The molecule has 0 unspecified atom stereocenters. The monoisotopic (exact) mass is 260 g/mol. The Morgan fingerprint density at radius 1 is 1.57 bits per heavy atom. The van der Waals surface area contributed by atoms with E-state index in [0.29, 0.717) is 6.42 Å². The fraction of sp³-hybridized carbons (Fsp3) is 0.556. The van der Waals surface area contributed by atoms with Gasteiger partial charge < -0.3 is 9.84 Å². The van der Waals surface area contributed by atoms with E-state index < -0.39 is 16.5 Å². The number of carbonyl (C=O) groups excluding carboxylic acids is 2. The summed E-state index contributed by atoms with van der Waals surface area (Å²) in [4.78, 5) is 21.5. The minimum absolute atomic E-state index is 0.203. The number of halogens is 1. The molecule has 1 fully saturated rings. The fourth-order valence-electron chi connectivity index (χ4n) is 1.75. The summed E-state index contributed by atoms with van der Waals surface area (Å²) in [7, 11) is 0. The quantitative estimate of drug-likeness (QED) is 0.504. The Balaban J connectivity index is 2.33. The normalized spacial score (nSPS) is 41.9. The third-order valence-electron chi connectivity index (χ3n) is 2.60. The zero-order chi connectivity index (χ0) is 10.3. The molecular weight excluding hydrogens is 252 g/mol. The van der Waals surface area contributed by atoms with Crippen molar-refractivity contribution in [2.24, 2.45) is 0 Å². The van der Waals surface area contributed by atoms with Crippen LogP contribution in [0.1, 0.15) is 12.8 Å². The smallest absolute Gasteiger partial charge is 0.306 e. The second kappa shape index (κ2) is 3.17. The van der Waals surface area contributed by atoms with Gasteiger partial charge in [-0.3, -0.25) is 9.59 Å². The van der Waals surface area contributed by atoms with Crippen molar-refractivity contribution in [2.45, 2.75) is 29.4 Å². The number of ether oxygens (including phenoxy) is 1. The van der Waals surface area contributed by atoms with E-state index in [1.165, 1.54) is 12.2 Å². The maximum absolute atomic E-state index is 11.2. The number of esters is 1. The molecule has 1 spiro atoms. The van der Waals surface area contributed by atoms with Crippen LogP contribution in [0.3, 0.4) is 0 Å². The van der Waals surface area contributed by atoms with E-state index in [0.717, 1.165) is 0 Å². The van der Waals surface area contributed by atoms with E-state index in [-0.39, 0.29) is 18.2 Å². The number of rotatable bonds is 0. The highest BCUT2D eigenvalue weighted by molar-refractivity contribution is 9.10. The minimum Gasteiger partial charge on any atom is -0.452 e. The van der Waals surface area contributed by atoms with Crippen LogP contribution >= 0.6 is 15.9 Å². The molecule has 2 rings (SSSR count). The Labute approximate surface area is 89.1 Å². The molecule has 1 aliphatic carbocycles. The summed E-state index contributed by atoms with van der Waals surface area (Å²) in [6.45, 7) is 0. The van der Waals surface area contributed by atoms with Crippen molar-refractivity contribution in [1.82, 2.24) is 0 Å². The summed E-state index contributed by atoms with van der Waals surface area (Å²) in [6, 6.07) is 0. The van der Waals surface area contributed by atoms with Crippen LogP contribution in [0.15, 0.2) is 12.2 Å². The molecule has 5 heteroatoms. The maximum atomic E-state index is 11.2. The number of carbonyl (C=O) groups is 2. The van der Waals surface area contributed by atoms with E-state index in [1.807, 2.05) is 0 Å². The van der Waals surface area contributed by atoms with Crippen molar-refractivity contribution in [1.29, 1.82) is 0 Å². The standard InChI is InChI=1S/C9H9BrO4/c10-7-5(11)1-3-9(8(7)13)4-2-6(12)14-9/h1,3,7-8,13H,2,4H2/t7-,8+,9-/m0/s1. The van der Waals surface area contributed by atoms with Crippen molar-refractivity contribution in [3.63, 3.8) is 0 Å². The number of allylic oxidation sites excluding steroid dienone is 1. The van der Waals surface area contributed by atoms with Gasteiger partial charge in [0.25, 0.3) is 0 Å². The van der Waals surface area contributed by atoms with Gasteiger partial charge in [-0.25, -0.2) is 0 Å². The largest absolute Gasteiger partial charge is 0.452 e. The second-order valence-electron chi connectivity index (χ2n) is 3.51. The van der Waals surface area contributed by atoms with Gasteiger partial charge in [-0.05, 0) is 12.2 Å². The van der Waals surface area contributed by atoms with Gasteiger partial charge >= 0.3 is 5.97 Å². The van der Waals surface area contributed by atoms with Gasteiger partial charge in [0.1, 0.15) is 10.9 Å². The predicted octanol–water partition coefficient (Wildman–Crippen LogP) is 0.325. The molecule has 0 amide bonds. The number of aliphatic hydroxyl groups is 1. The highest BCUT2D eigenvalue weighted by atomic mass is 79.9. The number of hydrogen-bond donors (Lipinski definition) is 1. The van der Waals surface area contributed by atoms with Gasteiger partial charge in [0.2, 0.25) is 0 Å². The molecule has 4 nitrogen and oxygen atoms in total. The first kappa shape index (κ1) is 9.86. The van der Waals surface area contributed by atoms with Crippen LogP contribution in [0.25, 0.3) is 0 Å². The summed E-state index contributed by atoms with van der Waals surface area (Å²) in [5.74, 6) is -0.533. The summed E-state index contributed by atoms with van der Waals surface area (Å²) in [5, 5.41) is 9.82. The molecule has 0 radical (unpaired) electrons. The number of aliphatic hydroxyl groups excluding tert-OH is 1. The molecule has 0 bridgehead atoms. The lowest BCUT2D eigenvalue weighted by Crippen LogP contribution is -2.50. The Morgan fingerprint density at radius 3 is 2.86 bits per heavy atom. The highest BCUT2D eigenvalue weighted by Crippen LogP contribution is 2.37. The van der Waals surface area contributed by atoms with E-state index in [2.05, 4.69) is 15.9 Å². The van der Waals surface area contributed by atoms with Crippen LogP contribution in [-0.2, 0) is 14.3 Å². The second-order valence-corrected chi connectivity index (χ2v) is 4.50. The van der Waals surface area contributed by atoms with Gasteiger partial charge in [0.15, 0.2) is 11.4 Å². The Morgan fingerprint density at radius 2 is 2.29 bits per heavy atom. The molecule has 76 valence electrons. The maximum Gasteiger partial charge on any atom is 0.306 e. The fourth-order valence-corrected chi connectivity index (χ4v) is 2.35. The average Bonchev–Trinajstić information content (AvgIpc) is 2.53. The first-order chi connectivity index (χ1) is 6.55. The van der Waals surface area contributed by atoms with Crippen LogP contribution < -0.4 is 0 Å². The SMILES string of the molecule is O=C1CC[C@]2(C=CC(=O)[C@H](Br)[C@H]2O)O1. The molecule has 1 N–H and O–H groups in total. The number of alkyl halides is 1. The van der Waals surface area contributed by atoms with Gasteiger partial charge in [-0.1, -0.05) is 15.9 Å². The topological polar surface area (TPSA) is 63.6 Å².